The van der Waals surface area contributed by atoms with Gasteiger partial charge in [-0.05, 0) is 31.5 Å². The highest BCUT2D eigenvalue weighted by atomic mass is 32.1. The van der Waals surface area contributed by atoms with Crippen LogP contribution in [-0.4, -0.2) is 24.7 Å². The number of ether oxygens (including phenoxy) is 1. The summed E-state index contributed by atoms with van der Waals surface area (Å²) in [4.78, 5) is 4.50. The molecule has 86 valence electrons. The highest BCUT2D eigenvalue weighted by Crippen LogP contribution is 2.26. The predicted molar refractivity (Wildman–Crippen MR) is 69.3 cm³/mol. The van der Waals surface area contributed by atoms with Crippen molar-refractivity contribution in [1.82, 2.24) is 4.98 Å². The zero-order valence-electron chi connectivity index (χ0n) is 9.62. The van der Waals surface area contributed by atoms with Gasteiger partial charge in [-0.3, -0.25) is 0 Å². The Balaban J connectivity index is 2.02. The molecule has 4 heteroatoms. The summed E-state index contributed by atoms with van der Waals surface area (Å²) in [5.41, 5.74) is 2.34. The van der Waals surface area contributed by atoms with Crippen LogP contribution in [-0.2, 0) is 4.74 Å². The van der Waals surface area contributed by atoms with Crippen LogP contribution in [0.5, 0.6) is 0 Å². The van der Waals surface area contributed by atoms with Crippen molar-refractivity contribution >= 4 is 26.7 Å². The van der Waals surface area contributed by atoms with E-state index in [1.54, 1.807) is 11.3 Å². The smallest absolute Gasteiger partial charge is 0.183 e. The second kappa shape index (κ2) is 5.27. The summed E-state index contributed by atoms with van der Waals surface area (Å²) in [6.07, 6.45) is 0. The van der Waals surface area contributed by atoms with Crippen LogP contribution in [0.2, 0.25) is 0 Å². The molecule has 1 heterocycles. The van der Waals surface area contributed by atoms with Crippen LogP contribution in [0.25, 0.3) is 10.2 Å². The maximum Gasteiger partial charge on any atom is 0.183 e. The largest absolute Gasteiger partial charge is 0.380 e. The summed E-state index contributed by atoms with van der Waals surface area (Å²) >= 11 is 1.69. The number of aryl methyl sites for hydroxylation is 1. The molecule has 0 spiro atoms. The van der Waals surface area contributed by atoms with Crippen LogP contribution < -0.4 is 5.32 Å². The van der Waals surface area contributed by atoms with Gasteiger partial charge in [-0.15, -0.1) is 0 Å². The van der Waals surface area contributed by atoms with E-state index in [1.807, 2.05) is 6.92 Å². The first-order valence-electron chi connectivity index (χ1n) is 5.48. The first-order valence-corrected chi connectivity index (χ1v) is 6.30. The number of benzene rings is 1. The molecule has 3 nitrogen and oxygen atoms in total. The molecule has 0 fully saturated rings. The van der Waals surface area contributed by atoms with Gasteiger partial charge in [-0.25, -0.2) is 4.98 Å². The lowest BCUT2D eigenvalue weighted by atomic mass is 10.2. The van der Waals surface area contributed by atoms with Crippen LogP contribution >= 0.6 is 11.3 Å². The van der Waals surface area contributed by atoms with Crippen LogP contribution in [0.15, 0.2) is 18.2 Å². The number of hydrogen-bond acceptors (Lipinski definition) is 4. The fraction of sp³-hybridized carbons (Fsp3) is 0.417. The maximum atomic E-state index is 5.26. The fourth-order valence-corrected chi connectivity index (χ4v) is 2.47. The topological polar surface area (TPSA) is 34.1 Å². The lowest BCUT2D eigenvalue weighted by Gasteiger charge is -2.01. The van der Waals surface area contributed by atoms with E-state index in [-0.39, 0.29) is 0 Å². The van der Waals surface area contributed by atoms with Gasteiger partial charge < -0.3 is 10.1 Å². The van der Waals surface area contributed by atoms with Crippen molar-refractivity contribution < 1.29 is 4.74 Å². The molecular formula is C12H16N2OS. The minimum absolute atomic E-state index is 0.728. The molecule has 0 aliphatic rings. The number of thiazole rings is 1. The van der Waals surface area contributed by atoms with Gasteiger partial charge in [0.15, 0.2) is 5.13 Å². The Morgan fingerprint density at radius 2 is 2.31 bits per heavy atom. The van der Waals surface area contributed by atoms with E-state index in [4.69, 9.17) is 4.74 Å². The number of anilines is 1. The first-order chi connectivity index (χ1) is 7.79. The number of fused-ring (bicyclic) bond motifs is 1. The van der Waals surface area contributed by atoms with Crippen LogP contribution in [0.4, 0.5) is 5.13 Å². The second-order valence-electron chi connectivity index (χ2n) is 3.61. The van der Waals surface area contributed by atoms with Gasteiger partial charge in [-0.2, -0.15) is 0 Å². The molecule has 16 heavy (non-hydrogen) atoms. The Labute approximate surface area is 99.5 Å². The average Bonchev–Trinajstić information content (AvgIpc) is 2.66. The Hall–Kier alpha value is -1.13. The van der Waals surface area contributed by atoms with E-state index < -0.39 is 0 Å². The molecule has 1 N–H and O–H groups in total. The normalized spacial score (nSPS) is 10.9. The Morgan fingerprint density at radius 3 is 3.12 bits per heavy atom. The summed E-state index contributed by atoms with van der Waals surface area (Å²) in [6.45, 7) is 6.40. The lowest BCUT2D eigenvalue weighted by molar-refractivity contribution is 0.158. The van der Waals surface area contributed by atoms with Crippen molar-refractivity contribution in [2.45, 2.75) is 13.8 Å². The van der Waals surface area contributed by atoms with Gasteiger partial charge in [0.25, 0.3) is 0 Å². The molecule has 0 radical (unpaired) electrons. The van der Waals surface area contributed by atoms with Crippen LogP contribution in [0.1, 0.15) is 12.5 Å². The predicted octanol–water partition coefficient (Wildman–Crippen LogP) is 3.05. The third kappa shape index (κ3) is 2.71. The van der Waals surface area contributed by atoms with Crippen molar-refractivity contribution in [1.29, 1.82) is 0 Å². The first kappa shape index (κ1) is 11.4. The molecule has 0 aliphatic heterocycles. The third-order valence-electron chi connectivity index (χ3n) is 2.27. The molecule has 0 saturated heterocycles. The zero-order chi connectivity index (χ0) is 11.4. The highest BCUT2D eigenvalue weighted by Gasteiger charge is 2.02. The van der Waals surface area contributed by atoms with Crippen LogP contribution in [0, 0.1) is 6.92 Å². The van der Waals surface area contributed by atoms with Gasteiger partial charge >= 0.3 is 0 Å². The van der Waals surface area contributed by atoms with Crippen molar-refractivity contribution in [2.75, 3.05) is 25.1 Å². The number of aromatic nitrogens is 1. The molecular weight excluding hydrogens is 220 g/mol. The minimum atomic E-state index is 0.728. The molecule has 0 atom stereocenters. The Kier molecular flexibility index (Phi) is 3.74. The molecule has 1 aromatic heterocycles. The van der Waals surface area contributed by atoms with E-state index in [1.165, 1.54) is 10.3 Å². The maximum absolute atomic E-state index is 5.26. The number of hydrogen-bond donors (Lipinski definition) is 1. The summed E-state index contributed by atoms with van der Waals surface area (Å²) in [7, 11) is 0. The molecule has 0 unspecified atom stereocenters. The van der Waals surface area contributed by atoms with E-state index in [0.29, 0.717) is 0 Å². The van der Waals surface area contributed by atoms with Gasteiger partial charge in [0.05, 0.1) is 16.8 Å². The molecule has 0 bridgehead atoms. The van der Waals surface area contributed by atoms with Crippen molar-refractivity contribution in [2.24, 2.45) is 0 Å². The fourth-order valence-electron chi connectivity index (χ4n) is 1.48. The monoisotopic (exact) mass is 236 g/mol. The van der Waals surface area contributed by atoms with Crippen molar-refractivity contribution in [3.8, 4) is 0 Å². The van der Waals surface area contributed by atoms with Crippen molar-refractivity contribution in [3.63, 3.8) is 0 Å². The zero-order valence-corrected chi connectivity index (χ0v) is 10.4. The summed E-state index contributed by atoms with van der Waals surface area (Å²) < 4.78 is 6.50. The molecule has 0 aliphatic carbocycles. The third-order valence-corrected chi connectivity index (χ3v) is 3.25. The van der Waals surface area contributed by atoms with Gasteiger partial charge in [0, 0.05) is 13.2 Å². The van der Waals surface area contributed by atoms with Crippen LogP contribution in [0.3, 0.4) is 0 Å². The van der Waals surface area contributed by atoms with Gasteiger partial charge in [-0.1, -0.05) is 17.4 Å². The Morgan fingerprint density at radius 1 is 1.44 bits per heavy atom. The second-order valence-corrected chi connectivity index (χ2v) is 4.64. The summed E-state index contributed by atoms with van der Waals surface area (Å²) in [6, 6.07) is 6.32. The van der Waals surface area contributed by atoms with E-state index in [0.717, 1.165) is 30.4 Å². The molecule has 1 aromatic carbocycles. The number of nitrogens with zero attached hydrogens (tertiary/aromatic N) is 1. The van der Waals surface area contributed by atoms with E-state index in [2.05, 4.69) is 35.4 Å². The molecule has 2 rings (SSSR count). The van der Waals surface area contributed by atoms with Gasteiger partial charge in [0.2, 0.25) is 0 Å². The van der Waals surface area contributed by atoms with E-state index in [9.17, 15) is 0 Å². The SMILES string of the molecule is CCOCCNc1nc2ccc(C)cc2s1. The number of rotatable bonds is 5. The quantitative estimate of drug-likeness (QED) is 0.810. The molecule has 2 aromatic rings. The number of nitrogens with one attached hydrogen (secondary N) is 1. The lowest BCUT2D eigenvalue weighted by Crippen LogP contribution is -2.08. The summed E-state index contributed by atoms with van der Waals surface area (Å²) in [5.74, 6) is 0. The van der Waals surface area contributed by atoms with E-state index >= 15 is 0 Å². The molecule has 0 amide bonds. The average molecular weight is 236 g/mol. The Bertz CT molecular complexity index is 467. The van der Waals surface area contributed by atoms with Crippen molar-refractivity contribution in [3.05, 3.63) is 23.8 Å². The van der Waals surface area contributed by atoms with Gasteiger partial charge in [0.1, 0.15) is 0 Å². The summed E-state index contributed by atoms with van der Waals surface area (Å²) in [5, 5.41) is 4.24. The standard InChI is InChI=1S/C12H16N2OS/c1-3-15-7-6-13-12-14-10-5-4-9(2)8-11(10)16-12/h4-5,8H,3,6-7H2,1-2H3,(H,13,14). The molecule has 0 saturated carbocycles. The highest BCUT2D eigenvalue weighted by molar-refractivity contribution is 7.22. The minimum Gasteiger partial charge on any atom is -0.380 e.